The Kier molecular flexibility index (Phi) is 5.47. The van der Waals surface area contributed by atoms with E-state index in [2.05, 4.69) is 15.6 Å². The highest BCUT2D eigenvalue weighted by Crippen LogP contribution is 2.18. The van der Waals surface area contributed by atoms with Gasteiger partial charge in [-0.2, -0.15) is 0 Å². The first kappa shape index (κ1) is 14.3. The molecule has 0 aliphatic heterocycles. The molecule has 0 aromatic carbocycles. The molecule has 0 aliphatic rings. The SMILES string of the molecule is CCNCCNC(=O)c1cc([N+](=O)[O-])cnc1Cl. The lowest BCUT2D eigenvalue weighted by molar-refractivity contribution is -0.385. The predicted molar refractivity (Wildman–Crippen MR) is 66.8 cm³/mol. The minimum absolute atomic E-state index is 0.00219. The Balaban J connectivity index is 2.72. The monoisotopic (exact) mass is 272 g/mol. The predicted octanol–water partition coefficient (Wildman–Crippen LogP) is 0.982. The molecular formula is C10H13ClN4O3. The Morgan fingerprint density at radius 1 is 1.56 bits per heavy atom. The highest BCUT2D eigenvalue weighted by Gasteiger charge is 2.16. The van der Waals surface area contributed by atoms with Crippen LogP contribution in [0.25, 0.3) is 0 Å². The van der Waals surface area contributed by atoms with E-state index in [1.54, 1.807) is 0 Å². The molecule has 0 spiro atoms. The van der Waals surface area contributed by atoms with E-state index in [0.29, 0.717) is 13.1 Å². The fraction of sp³-hybridized carbons (Fsp3) is 0.400. The van der Waals surface area contributed by atoms with Crippen molar-refractivity contribution in [1.29, 1.82) is 0 Å². The van der Waals surface area contributed by atoms with Crippen LogP contribution in [0.1, 0.15) is 17.3 Å². The van der Waals surface area contributed by atoms with E-state index in [0.717, 1.165) is 18.8 Å². The lowest BCUT2D eigenvalue weighted by Gasteiger charge is -2.06. The van der Waals surface area contributed by atoms with Gasteiger partial charge in [0.05, 0.1) is 10.5 Å². The molecule has 0 atom stereocenters. The zero-order valence-electron chi connectivity index (χ0n) is 9.77. The van der Waals surface area contributed by atoms with Gasteiger partial charge in [-0.05, 0) is 6.54 Å². The second-order valence-corrected chi connectivity index (χ2v) is 3.76. The molecule has 0 saturated heterocycles. The summed E-state index contributed by atoms with van der Waals surface area (Å²) in [6.07, 6.45) is 1.01. The smallest absolute Gasteiger partial charge is 0.288 e. The number of hydrogen-bond acceptors (Lipinski definition) is 5. The molecule has 7 nitrogen and oxygen atoms in total. The summed E-state index contributed by atoms with van der Waals surface area (Å²) >= 11 is 5.73. The maximum Gasteiger partial charge on any atom is 0.288 e. The highest BCUT2D eigenvalue weighted by molar-refractivity contribution is 6.32. The standard InChI is InChI=1S/C10H13ClN4O3/c1-2-12-3-4-13-10(16)8-5-7(15(17)18)6-14-9(8)11/h5-6,12H,2-4H2,1H3,(H,13,16). The molecule has 1 aromatic heterocycles. The number of rotatable bonds is 6. The quantitative estimate of drug-likeness (QED) is 0.348. The number of amides is 1. The number of aromatic nitrogens is 1. The molecule has 0 radical (unpaired) electrons. The Bertz CT molecular complexity index is 453. The van der Waals surface area contributed by atoms with Crippen molar-refractivity contribution in [2.24, 2.45) is 0 Å². The number of carbonyl (C=O) groups excluding carboxylic acids is 1. The van der Waals surface area contributed by atoms with Crippen molar-refractivity contribution in [2.45, 2.75) is 6.92 Å². The summed E-state index contributed by atoms with van der Waals surface area (Å²) in [7, 11) is 0. The Morgan fingerprint density at radius 2 is 2.28 bits per heavy atom. The Hall–Kier alpha value is -1.73. The molecule has 8 heteroatoms. The van der Waals surface area contributed by atoms with E-state index < -0.39 is 10.8 Å². The summed E-state index contributed by atoms with van der Waals surface area (Å²) in [6.45, 7) is 3.77. The first-order valence-corrected chi connectivity index (χ1v) is 5.73. The van der Waals surface area contributed by atoms with Crippen LogP contribution < -0.4 is 10.6 Å². The molecule has 98 valence electrons. The van der Waals surface area contributed by atoms with Gasteiger partial charge in [0.2, 0.25) is 0 Å². The van der Waals surface area contributed by atoms with E-state index in [1.165, 1.54) is 0 Å². The largest absolute Gasteiger partial charge is 0.351 e. The van der Waals surface area contributed by atoms with Gasteiger partial charge in [0, 0.05) is 19.2 Å². The van der Waals surface area contributed by atoms with Crippen molar-refractivity contribution in [1.82, 2.24) is 15.6 Å². The molecule has 0 aliphatic carbocycles. The van der Waals surface area contributed by atoms with E-state index >= 15 is 0 Å². The van der Waals surface area contributed by atoms with Crippen LogP contribution in [0.5, 0.6) is 0 Å². The lowest BCUT2D eigenvalue weighted by atomic mass is 10.2. The summed E-state index contributed by atoms with van der Waals surface area (Å²) in [4.78, 5) is 25.3. The number of carbonyl (C=O) groups is 1. The van der Waals surface area contributed by atoms with Gasteiger partial charge in [-0.25, -0.2) is 4.98 Å². The van der Waals surface area contributed by atoms with Crippen molar-refractivity contribution in [3.8, 4) is 0 Å². The maximum absolute atomic E-state index is 11.7. The topological polar surface area (TPSA) is 97.2 Å². The number of nitrogens with one attached hydrogen (secondary N) is 2. The highest BCUT2D eigenvalue weighted by atomic mass is 35.5. The van der Waals surface area contributed by atoms with Crippen molar-refractivity contribution >= 4 is 23.2 Å². The fourth-order valence-corrected chi connectivity index (χ4v) is 1.42. The van der Waals surface area contributed by atoms with E-state index in [-0.39, 0.29) is 16.4 Å². The molecule has 0 fully saturated rings. The molecule has 1 rings (SSSR count). The zero-order chi connectivity index (χ0) is 13.5. The summed E-state index contributed by atoms with van der Waals surface area (Å²) < 4.78 is 0. The third kappa shape index (κ3) is 3.94. The van der Waals surface area contributed by atoms with Crippen LogP contribution in [0.3, 0.4) is 0 Å². The van der Waals surface area contributed by atoms with Gasteiger partial charge in [0.1, 0.15) is 11.3 Å². The van der Waals surface area contributed by atoms with Gasteiger partial charge in [0.15, 0.2) is 0 Å². The van der Waals surface area contributed by atoms with Crippen LogP contribution in [0.2, 0.25) is 5.15 Å². The van der Waals surface area contributed by atoms with Crippen molar-refractivity contribution in [3.05, 3.63) is 33.1 Å². The van der Waals surface area contributed by atoms with Gasteiger partial charge < -0.3 is 10.6 Å². The second kappa shape index (κ2) is 6.87. The van der Waals surface area contributed by atoms with Crippen molar-refractivity contribution in [2.75, 3.05) is 19.6 Å². The van der Waals surface area contributed by atoms with Crippen LogP contribution in [-0.4, -0.2) is 35.4 Å². The second-order valence-electron chi connectivity index (χ2n) is 3.40. The van der Waals surface area contributed by atoms with Gasteiger partial charge in [0.25, 0.3) is 11.6 Å². The van der Waals surface area contributed by atoms with Crippen LogP contribution in [0, 0.1) is 10.1 Å². The fourth-order valence-electron chi connectivity index (χ4n) is 1.23. The van der Waals surface area contributed by atoms with Crippen LogP contribution in [0.15, 0.2) is 12.3 Å². The average Bonchev–Trinajstić information content (AvgIpc) is 2.34. The summed E-state index contributed by atoms with van der Waals surface area (Å²) in [5.74, 6) is -0.478. The zero-order valence-corrected chi connectivity index (χ0v) is 10.5. The molecular weight excluding hydrogens is 260 g/mol. The molecule has 1 heterocycles. The Morgan fingerprint density at radius 3 is 2.89 bits per heavy atom. The first-order valence-electron chi connectivity index (χ1n) is 5.35. The van der Waals surface area contributed by atoms with Crippen molar-refractivity contribution in [3.63, 3.8) is 0 Å². The van der Waals surface area contributed by atoms with Crippen LogP contribution in [0.4, 0.5) is 5.69 Å². The van der Waals surface area contributed by atoms with Crippen molar-refractivity contribution < 1.29 is 9.72 Å². The van der Waals surface area contributed by atoms with Gasteiger partial charge in [-0.15, -0.1) is 0 Å². The molecule has 0 saturated carbocycles. The molecule has 2 N–H and O–H groups in total. The van der Waals surface area contributed by atoms with E-state index in [1.807, 2.05) is 6.92 Å². The van der Waals surface area contributed by atoms with E-state index in [4.69, 9.17) is 11.6 Å². The minimum Gasteiger partial charge on any atom is -0.351 e. The lowest BCUT2D eigenvalue weighted by Crippen LogP contribution is -2.32. The molecule has 0 unspecified atom stereocenters. The number of nitrogens with zero attached hydrogens (tertiary/aromatic N) is 2. The minimum atomic E-state index is -0.626. The number of hydrogen-bond donors (Lipinski definition) is 2. The maximum atomic E-state index is 11.7. The normalized spacial score (nSPS) is 10.1. The number of halogens is 1. The van der Waals surface area contributed by atoms with Gasteiger partial charge >= 0.3 is 0 Å². The first-order chi connectivity index (χ1) is 8.56. The summed E-state index contributed by atoms with van der Waals surface area (Å²) in [5, 5.41) is 16.1. The van der Waals surface area contributed by atoms with Gasteiger partial charge in [-0.1, -0.05) is 18.5 Å². The van der Waals surface area contributed by atoms with Crippen LogP contribution in [-0.2, 0) is 0 Å². The molecule has 1 amide bonds. The molecule has 18 heavy (non-hydrogen) atoms. The average molecular weight is 273 g/mol. The number of pyridine rings is 1. The third-order valence-corrected chi connectivity index (χ3v) is 2.42. The number of nitro groups is 1. The Labute approximate surface area is 109 Å². The molecule has 1 aromatic rings. The summed E-state index contributed by atoms with van der Waals surface area (Å²) in [6, 6.07) is 1.11. The van der Waals surface area contributed by atoms with Crippen LogP contribution >= 0.6 is 11.6 Å². The van der Waals surface area contributed by atoms with Gasteiger partial charge in [-0.3, -0.25) is 14.9 Å². The number of likely N-dealkylation sites (N-methyl/N-ethyl adjacent to an activating group) is 1. The third-order valence-electron chi connectivity index (χ3n) is 2.12. The molecule has 0 bridgehead atoms. The summed E-state index contributed by atoms with van der Waals surface area (Å²) in [5.41, 5.74) is -0.265. The van der Waals surface area contributed by atoms with E-state index in [9.17, 15) is 14.9 Å².